The fourth-order valence-electron chi connectivity index (χ4n) is 2.75. The summed E-state index contributed by atoms with van der Waals surface area (Å²) in [6.45, 7) is 4.57. The molecular formula is C15H27N3S. The molecule has 2 heterocycles. The van der Waals surface area contributed by atoms with Crippen LogP contribution in [-0.2, 0) is 13.1 Å². The van der Waals surface area contributed by atoms with Crippen LogP contribution in [0.5, 0.6) is 0 Å². The minimum Gasteiger partial charge on any atom is -0.333 e. The standard InChI is InChI=1S/C15H27N3S/c19-13-7-5-3-1-2-4-6-9-17-11-12-18-10-8-16-15(18)14-17/h8,10,19H,1-7,9,11-14H2. The molecule has 1 aromatic rings. The number of hydrogen-bond acceptors (Lipinski definition) is 3. The molecule has 0 N–H and O–H groups in total. The molecule has 0 aliphatic carbocycles. The molecule has 108 valence electrons. The molecule has 0 bridgehead atoms. The van der Waals surface area contributed by atoms with Crippen LogP contribution >= 0.6 is 12.6 Å². The van der Waals surface area contributed by atoms with Crippen molar-refractivity contribution >= 4 is 12.6 Å². The molecular weight excluding hydrogens is 254 g/mol. The maximum atomic E-state index is 4.41. The van der Waals surface area contributed by atoms with Gasteiger partial charge in [-0.25, -0.2) is 4.98 Å². The van der Waals surface area contributed by atoms with E-state index in [9.17, 15) is 0 Å². The van der Waals surface area contributed by atoms with Crippen molar-refractivity contribution in [3.63, 3.8) is 0 Å². The van der Waals surface area contributed by atoms with Crippen LogP contribution in [0.25, 0.3) is 0 Å². The zero-order chi connectivity index (χ0) is 13.3. The molecule has 4 heteroatoms. The minimum absolute atomic E-state index is 1.04. The van der Waals surface area contributed by atoms with Crippen molar-refractivity contribution in [1.82, 2.24) is 14.5 Å². The van der Waals surface area contributed by atoms with E-state index in [1.165, 1.54) is 63.9 Å². The zero-order valence-electron chi connectivity index (χ0n) is 11.9. The molecule has 2 rings (SSSR count). The number of thiol groups is 1. The third kappa shape index (κ3) is 5.19. The Hall–Kier alpha value is -0.480. The van der Waals surface area contributed by atoms with E-state index < -0.39 is 0 Å². The van der Waals surface area contributed by atoms with Crippen LogP contribution < -0.4 is 0 Å². The van der Waals surface area contributed by atoms with Crippen LogP contribution in [-0.4, -0.2) is 33.3 Å². The van der Waals surface area contributed by atoms with Crippen LogP contribution in [0.2, 0.25) is 0 Å². The van der Waals surface area contributed by atoms with E-state index in [4.69, 9.17) is 0 Å². The van der Waals surface area contributed by atoms with E-state index in [2.05, 4.69) is 33.3 Å². The quantitative estimate of drug-likeness (QED) is 0.553. The van der Waals surface area contributed by atoms with Gasteiger partial charge in [-0.05, 0) is 25.1 Å². The van der Waals surface area contributed by atoms with Crippen molar-refractivity contribution in [1.29, 1.82) is 0 Å². The second kappa shape index (κ2) is 8.64. The lowest BCUT2D eigenvalue weighted by molar-refractivity contribution is 0.212. The zero-order valence-corrected chi connectivity index (χ0v) is 12.8. The Bertz CT molecular complexity index is 351. The Kier molecular flexibility index (Phi) is 6.79. The summed E-state index contributed by atoms with van der Waals surface area (Å²) in [6, 6.07) is 0. The first-order valence-corrected chi connectivity index (χ1v) is 8.36. The first-order valence-electron chi connectivity index (χ1n) is 7.73. The van der Waals surface area contributed by atoms with Gasteiger partial charge in [0.1, 0.15) is 5.82 Å². The topological polar surface area (TPSA) is 21.1 Å². The highest BCUT2D eigenvalue weighted by Gasteiger charge is 2.15. The van der Waals surface area contributed by atoms with Crippen LogP contribution in [0.1, 0.15) is 50.8 Å². The Balaban J connectivity index is 1.48. The number of imidazole rings is 1. The molecule has 0 spiro atoms. The van der Waals surface area contributed by atoms with Gasteiger partial charge in [0.05, 0.1) is 6.54 Å². The molecule has 0 atom stereocenters. The largest absolute Gasteiger partial charge is 0.333 e. The van der Waals surface area contributed by atoms with Gasteiger partial charge in [0.25, 0.3) is 0 Å². The molecule has 19 heavy (non-hydrogen) atoms. The maximum Gasteiger partial charge on any atom is 0.122 e. The average molecular weight is 281 g/mol. The van der Waals surface area contributed by atoms with Gasteiger partial charge in [0.15, 0.2) is 0 Å². The third-order valence-corrected chi connectivity index (χ3v) is 4.27. The lowest BCUT2D eigenvalue weighted by Crippen LogP contribution is -2.34. The summed E-state index contributed by atoms with van der Waals surface area (Å²) >= 11 is 4.24. The first kappa shape index (κ1) is 14.9. The molecule has 0 fully saturated rings. The molecule has 0 unspecified atom stereocenters. The van der Waals surface area contributed by atoms with E-state index in [1.54, 1.807) is 0 Å². The van der Waals surface area contributed by atoms with Crippen molar-refractivity contribution in [2.24, 2.45) is 0 Å². The second-order valence-electron chi connectivity index (χ2n) is 5.51. The van der Waals surface area contributed by atoms with E-state index in [0.29, 0.717) is 0 Å². The van der Waals surface area contributed by atoms with Crippen molar-refractivity contribution in [2.75, 3.05) is 18.8 Å². The molecule has 0 amide bonds. The maximum absolute atomic E-state index is 4.41. The summed E-state index contributed by atoms with van der Waals surface area (Å²) in [6.07, 6.45) is 13.6. The van der Waals surface area contributed by atoms with Crippen molar-refractivity contribution in [3.05, 3.63) is 18.2 Å². The summed E-state index contributed by atoms with van der Waals surface area (Å²) in [5, 5.41) is 0. The summed E-state index contributed by atoms with van der Waals surface area (Å²) in [5.41, 5.74) is 0. The van der Waals surface area contributed by atoms with Gasteiger partial charge in [0, 0.05) is 25.5 Å². The number of fused-ring (bicyclic) bond motifs is 1. The Morgan fingerprint density at radius 1 is 1.00 bits per heavy atom. The summed E-state index contributed by atoms with van der Waals surface area (Å²) in [7, 11) is 0. The van der Waals surface area contributed by atoms with Crippen molar-refractivity contribution in [3.8, 4) is 0 Å². The number of aromatic nitrogens is 2. The van der Waals surface area contributed by atoms with Crippen LogP contribution in [0.4, 0.5) is 0 Å². The van der Waals surface area contributed by atoms with Crippen LogP contribution in [0.3, 0.4) is 0 Å². The van der Waals surface area contributed by atoms with Gasteiger partial charge in [0.2, 0.25) is 0 Å². The van der Waals surface area contributed by atoms with Gasteiger partial charge in [-0.15, -0.1) is 0 Å². The van der Waals surface area contributed by atoms with Crippen molar-refractivity contribution < 1.29 is 0 Å². The fraction of sp³-hybridized carbons (Fsp3) is 0.800. The summed E-state index contributed by atoms with van der Waals surface area (Å²) < 4.78 is 2.28. The second-order valence-corrected chi connectivity index (χ2v) is 5.96. The average Bonchev–Trinajstić information content (AvgIpc) is 2.89. The highest BCUT2D eigenvalue weighted by Crippen LogP contribution is 2.12. The molecule has 0 saturated heterocycles. The molecule has 0 saturated carbocycles. The van der Waals surface area contributed by atoms with Crippen molar-refractivity contribution in [2.45, 2.75) is 58.0 Å². The van der Waals surface area contributed by atoms with Gasteiger partial charge in [-0.1, -0.05) is 32.1 Å². The smallest absolute Gasteiger partial charge is 0.122 e. The fourth-order valence-corrected chi connectivity index (χ4v) is 2.97. The first-order chi connectivity index (χ1) is 9.40. The number of nitrogens with zero attached hydrogens (tertiary/aromatic N) is 3. The highest BCUT2D eigenvalue weighted by atomic mass is 32.1. The van der Waals surface area contributed by atoms with E-state index in [0.717, 1.165) is 18.8 Å². The Labute approximate surface area is 122 Å². The molecule has 3 nitrogen and oxygen atoms in total. The number of unbranched alkanes of at least 4 members (excludes halogenated alkanes) is 6. The molecule has 1 aliphatic heterocycles. The molecule has 0 radical (unpaired) electrons. The van der Waals surface area contributed by atoms with Crippen LogP contribution in [0, 0.1) is 0 Å². The van der Waals surface area contributed by atoms with E-state index >= 15 is 0 Å². The van der Waals surface area contributed by atoms with E-state index in [1.807, 2.05) is 6.20 Å². The predicted octanol–water partition coefficient (Wildman–Crippen LogP) is 3.36. The summed E-state index contributed by atoms with van der Waals surface area (Å²) in [4.78, 5) is 6.95. The number of hydrogen-bond donors (Lipinski definition) is 1. The molecule has 1 aliphatic rings. The van der Waals surface area contributed by atoms with E-state index in [-0.39, 0.29) is 0 Å². The van der Waals surface area contributed by atoms with Gasteiger partial charge in [-0.3, -0.25) is 4.90 Å². The molecule has 1 aromatic heterocycles. The van der Waals surface area contributed by atoms with Crippen LogP contribution in [0.15, 0.2) is 12.4 Å². The molecule has 0 aromatic carbocycles. The monoisotopic (exact) mass is 281 g/mol. The minimum atomic E-state index is 1.04. The Morgan fingerprint density at radius 2 is 1.74 bits per heavy atom. The SMILES string of the molecule is SCCCCCCCCCN1CCn2ccnc2C1. The lowest BCUT2D eigenvalue weighted by Gasteiger charge is -2.27. The number of rotatable bonds is 9. The predicted molar refractivity (Wildman–Crippen MR) is 83.7 cm³/mol. The van der Waals surface area contributed by atoms with Gasteiger partial charge in [-0.2, -0.15) is 12.6 Å². The Morgan fingerprint density at radius 3 is 2.53 bits per heavy atom. The van der Waals surface area contributed by atoms with Gasteiger partial charge < -0.3 is 4.57 Å². The third-order valence-electron chi connectivity index (χ3n) is 3.96. The highest BCUT2D eigenvalue weighted by molar-refractivity contribution is 7.80. The normalized spacial score (nSPS) is 15.6. The summed E-state index contributed by atoms with van der Waals surface area (Å²) in [5.74, 6) is 2.28. The lowest BCUT2D eigenvalue weighted by atomic mass is 10.1. The van der Waals surface area contributed by atoms with Gasteiger partial charge >= 0.3 is 0 Å².